The molecule has 1 heterocycles. The number of hydrogen-bond donors (Lipinski definition) is 1. The molecule has 0 fully saturated rings. The quantitative estimate of drug-likeness (QED) is 0.828. The number of hydrogen-bond acceptors (Lipinski definition) is 3. The van der Waals surface area contributed by atoms with Gasteiger partial charge in [-0.3, -0.25) is 4.90 Å². The molecule has 1 rings (SSSR count). The van der Waals surface area contributed by atoms with E-state index < -0.39 is 0 Å². The Morgan fingerprint density at radius 1 is 1.38 bits per heavy atom. The van der Waals surface area contributed by atoms with Gasteiger partial charge < -0.3 is 5.73 Å². The Morgan fingerprint density at radius 2 is 2.06 bits per heavy atom. The number of thiophene rings is 1. The molecule has 0 bridgehead atoms. The predicted octanol–water partition coefficient (Wildman–Crippen LogP) is 3.11. The summed E-state index contributed by atoms with van der Waals surface area (Å²) in [5.74, 6) is 0.574. The first-order valence-corrected chi connectivity index (χ1v) is 6.94. The number of rotatable bonds is 6. The predicted molar refractivity (Wildman–Crippen MR) is 72.8 cm³/mol. The van der Waals surface area contributed by atoms with Gasteiger partial charge in [-0.15, -0.1) is 0 Å². The van der Waals surface area contributed by atoms with Gasteiger partial charge in [-0.25, -0.2) is 0 Å². The van der Waals surface area contributed by atoms with Gasteiger partial charge in [0.1, 0.15) is 0 Å². The molecule has 0 amide bonds. The lowest BCUT2D eigenvalue weighted by Gasteiger charge is -2.26. The molecule has 0 aliphatic heterocycles. The molecular formula is C13H24N2S. The Labute approximate surface area is 103 Å². The molecule has 0 saturated heterocycles. The van der Waals surface area contributed by atoms with Crippen molar-refractivity contribution in [2.75, 3.05) is 13.6 Å². The van der Waals surface area contributed by atoms with Crippen LogP contribution in [0.3, 0.4) is 0 Å². The van der Waals surface area contributed by atoms with Gasteiger partial charge in [0.2, 0.25) is 0 Å². The average molecular weight is 240 g/mol. The SMILES string of the molecule is CC(C)C(N)CCN(C)C(C)c1ccsc1. The molecule has 2 nitrogen and oxygen atoms in total. The molecule has 0 saturated carbocycles. The van der Waals surface area contributed by atoms with Crippen molar-refractivity contribution < 1.29 is 0 Å². The average Bonchev–Trinajstić information content (AvgIpc) is 2.77. The third-order valence-corrected chi connectivity index (χ3v) is 4.06. The van der Waals surface area contributed by atoms with Gasteiger partial charge in [0.25, 0.3) is 0 Å². The van der Waals surface area contributed by atoms with Crippen LogP contribution in [-0.2, 0) is 0 Å². The smallest absolute Gasteiger partial charge is 0.0325 e. The molecule has 2 atom stereocenters. The van der Waals surface area contributed by atoms with Gasteiger partial charge in [0, 0.05) is 12.1 Å². The van der Waals surface area contributed by atoms with E-state index in [4.69, 9.17) is 5.73 Å². The molecule has 0 radical (unpaired) electrons. The molecule has 92 valence electrons. The highest BCUT2D eigenvalue weighted by Crippen LogP contribution is 2.21. The lowest BCUT2D eigenvalue weighted by atomic mass is 10.0. The second-order valence-electron chi connectivity index (χ2n) is 4.91. The fourth-order valence-corrected chi connectivity index (χ4v) is 2.39. The highest BCUT2D eigenvalue weighted by molar-refractivity contribution is 7.07. The van der Waals surface area contributed by atoms with Crippen LogP contribution in [0.2, 0.25) is 0 Å². The van der Waals surface area contributed by atoms with Crippen LogP contribution >= 0.6 is 11.3 Å². The molecule has 1 aromatic rings. The highest BCUT2D eigenvalue weighted by Gasteiger charge is 2.14. The molecule has 0 spiro atoms. The minimum atomic E-state index is 0.317. The zero-order chi connectivity index (χ0) is 12.1. The normalized spacial score (nSPS) is 15.7. The Morgan fingerprint density at radius 3 is 2.56 bits per heavy atom. The summed E-state index contributed by atoms with van der Waals surface area (Å²) in [6, 6.07) is 3.01. The first kappa shape index (κ1) is 13.7. The third kappa shape index (κ3) is 3.89. The van der Waals surface area contributed by atoms with Gasteiger partial charge in [0.05, 0.1) is 0 Å². The molecule has 16 heavy (non-hydrogen) atoms. The van der Waals surface area contributed by atoms with Crippen LogP contribution in [0.4, 0.5) is 0 Å². The van der Waals surface area contributed by atoms with Gasteiger partial charge in [-0.05, 0) is 55.2 Å². The summed E-state index contributed by atoms with van der Waals surface area (Å²) < 4.78 is 0. The highest BCUT2D eigenvalue weighted by atomic mass is 32.1. The summed E-state index contributed by atoms with van der Waals surface area (Å²) in [7, 11) is 2.18. The minimum Gasteiger partial charge on any atom is -0.327 e. The summed E-state index contributed by atoms with van der Waals surface area (Å²) in [5.41, 5.74) is 7.47. The molecular weight excluding hydrogens is 216 g/mol. The van der Waals surface area contributed by atoms with Gasteiger partial charge in [-0.1, -0.05) is 13.8 Å². The Balaban J connectivity index is 2.38. The molecule has 2 unspecified atom stereocenters. The molecule has 3 heteroatoms. The van der Waals surface area contributed by atoms with Gasteiger partial charge in [-0.2, -0.15) is 11.3 Å². The number of nitrogens with two attached hydrogens (primary N) is 1. The Bertz CT molecular complexity index is 282. The van der Waals surface area contributed by atoms with Crippen LogP contribution in [0.5, 0.6) is 0 Å². The summed E-state index contributed by atoms with van der Waals surface area (Å²) >= 11 is 1.76. The van der Waals surface area contributed by atoms with E-state index in [1.165, 1.54) is 5.56 Å². The van der Waals surface area contributed by atoms with Crippen LogP contribution in [-0.4, -0.2) is 24.5 Å². The van der Waals surface area contributed by atoms with E-state index in [2.05, 4.69) is 49.5 Å². The summed E-state index contributed by atoms with van der Waals surface area (Å²) in [6.45, 7) is 7.69. The van der Waals surface area contributed by atoms with E-state index >= 15 is 0 Å². The van der Waals surface area contributed by atoms with Crippen LogP contribution in [0.1, 0.15) is 38.8 Å². The second-order valence-corrected chi connectivity index (χ2v) is 5.69. The fourth-order valence-electron chi connectivity index (χ4n) is 1.65. The van der Waals surface area contributed by atoms with Crippen molar-refractivity contribution in [3.05, 3.63) is 22.4 Å². The zero-order valence-corrected chi connectivity index (χ0v) is 11.6. The summed E-state index contributed by atoms with van der Waals surface area (Å²) in [5, 5.41) is 4.36. The van der Waals surface area contributed by atoms with E-state index in [1.807, 2.05) is 0 Å². The monoisotopic (exact) mass is 240 g/mol. The van der Waals surface area contributed by atoms with Crippen molar-refractivity contribution in [1.29, 1.82) is 0 Å². The topological polar surface area (TPSA) is 29.3 Å². The zero-order valence-electron chi connectivity index (χ0n) is 10.8. The van der Waals surface area contributed by atoms with Crippen LogP contribution in [0, 0.1) is 5.92 Å². The first-order chi connectivity index (χ1) is 7.52. The van der Waals surface area contributed by atoms with Crippen molar-refractivity contribution in [3.63, 3.8) is 0 Å². The maximum atomic E-state index is 6.06. The maximum Gasteiger partial charge on any atom is 0.0325 e. The van der Waals surface area contributed by atoms with E-state index in [0.29, 0.717) is 18.0 Å². The Hall–Kier alpha value is -0.380. The maximum absolute atomic E-state index is 6.06. The lowest BCUT2D eigenvalue weighted by Crippen LogP contribution is -2.32. The molecule has 0 aromatic carbocycles. The third-order valence-electron chi connectivity index (χ3n) is 3.36. The van der Waals surface area contributed by atoms with Gasteiger partial charge >= 0.3 is 0 Å². The lowest BCUT2D eigenvalue weighted by molar-refractivity contribution is 0.244. The molecule has 1 aromatic heterocycles. The van der Waals surface area contributed by atoms with Crippen molar-refractivity contribution >= 4 is 11.3 Å². The minimum absolute atomic E-state index is 0.317. The fraction of sp³-hybridized carbons (Fsp3) is 0.692. The van der Waals surface area contributed by atoms with Crippen molar-refractivity contribution in [1.82, 2.24) is 4.90 Å². The molecule has 0 aliphatic carbocycles. The number of nitrogens with zero attached hydrogens (tertiary/aromatic N) is 1. The standard InChI is InChI=1S/C13H24N2S/c1-10(2)13(14)5-7-15(4)11(3)12-6-8-16-9-12/h6,8-11,13H,5,7,14H2,1-4H3. The molecule has 0 aliphatic rings. The van der Waals surface area contributed by atoms with E-state index in [0.717, 1.165) is 13.0 Å². The second kappa shape index (κ2) is 6.38. The summed E-state index contributed by atoms with van der Waals surface area (Å²) in [6.07, 6.45) is 1.07. The van der Waals surface area contributed by atoms with Crippen molar-refractivity contribution in [2.45, 2.75) is 39.3 Å². The van der Waals surface area contributed by atoms with Crippen LogP contribution < -0.4 is 5.73 Å². The van der Waals surface area contributed by atoms with E-state index in [-0.39, 0.29) is 0 Å². The van der Waals surface area contributed by atoms with E-state index in [1.54, 1.807) is 11.3 Å². The summed E-state index contributed by atoms with van der Waals surface area (Å²) in [4.78, 5) is 2.38. The first-order valence-electron chi connectivity index (χ1n) is 6.00. The van der Waals surface area contributed by atoms with E-state index in [9.17, 15) is 0 Å². The largest absolute Gasteiger partial charge is 0.327 e. The molecule has 2 N–H and O–H groups in total. The Kier molecular flexibility index (Phi) is 5.46. The van der Waals surface area contributed by atoms with Crippen molar-refractivity contribution in [2.24, 2.45) is 11.7 Å². The van der Waals surface area contributed by atoms with Gasteiger partial charge in [0.15, 0.2) is 0 Å². The van der Waals surface area contributed by atoms with Crippen LogP contribution in [0.15, 0.2) is 16.8 Å². The van der Waals surface area contributed by atoms with Crippen molar-refractivity contribution in [3.8, 4) is 0 Å². The van der Waals surface area contributed by atoms with Crippen LogP contribution in [0.25, 0.3) is 0 Å².